The molecule has 0 amide bonds. The first-order valence-electron chi connectivity index (χ1n) is 5.63. The SMILES string of the molecule is Cc1cc(C(F)(F)F)c2c(C(C)C)ncnc2c1. The normalized spacial score (nSPS) is 12.4. The maximum Gasteiger partial charge on any atom is 0.417 e. The maximum absolute atomic E-state index is 13.1. The molecule has 0 atom stereocenters. The molecule has 2 aromatic rings. The molecule has 96 valence electrons. The van der Waals surface area contributed by atoms with Gasteiger partial charge in [0, 0.05) is 5.39 Å². The van der Waals surface area contributed by atoms with Gasteiger partial charge in [-0.05, 0) is 30.5 Å². The van der Waals surface area contributed by atoms with E-state index in [4.69, 9.17) is 0 Å². The van der Waals surface area contributed by atoms with Crippen LogP contribution in [0.3, 0.4) is 0 Å². The summed E-state index contributed by atoms with van der Waals surface area (Å²) in [7, 11) is 0. The molecule has 0 saturated heterocycles. The number of hydrogen-bond acceptors (Lipinski definition) is 2. The molecule has 1 aromatic carbocycles. The summed E-state index contributed by atoms with van der Waals surface area (Å²) in [5.74, 6) is -0.0840. The molecule has 0 N–H and O–H groups in total. The third kappa shape index (κ3) is 2.17. The second-order valence-electron chi connectivity index (χ2n) is 4.62. The Hall–Kier alpha value is -1.65. The van der Waals surface area contributed by atoms with Crippen LogP contribution in [-0.2, 0) is 6.18 Å². The van der Waals surface area contributed by atoms with Crippen molar-refractivity contribution in [3.05, 3.63) is 35.3 Å². The number of aryl methyl sites for hydroxylation is 1. The van der Waals surface area contributed by atoms with Gasteiger partial charge in [0.15, 0.2) is 0 Å². The molecular formula is C13H13F3N2. The van der Waals surface area contributed by atoms with E-state index in [1.807, 2.05) is 13.8 Å². The van der Waals surface area contributed by atoms with E-state index in [-0.39, 0.29) is 11.3 Å². The van der Waals surface area contributed by atoms with Gasteiger partial charge in [0.2, 0.25) is 0 Å². The Bertz CT molecular complexity index is 589. The van der Waals surface area contributed by atoms with E-state index in [1.165, 1.54) is 6.33 Å². The van der Waals surface area contributed by atoms with Gasteiger partial charge in [0.1, 0.15) is 6.33 Å². The molecule has 0 radical (unpaired) electrons. The average Bonchev–Trinajstić information content (AvgIpc) is 2.25. The van der Waals surface area contributed by atoms with E-state index >= 15 is 0 Å². The molecule has 0 bridgehead atoms. The summed E-state index contributed by atoms with van der Waals surface area (Å²) >= 11 is 0. The van der Waals surface area contributed by atoms with Gasteiger partial charge in [0.05, 0.1) is 16.8 Å². The molecule has 0 aliphatic carbocycles. The number of nitrogens with zero attached hydrogens (tertiary/aromatic N) is 2. The predicted molar refractivity (Wildman–Crippen MR) is 63.4 cm³/mol. The maximum atomic E-state index is 13.1. The largest absolute Gasteiger partial charge is 0.417 e. The van der Waals surface area contributed by atoms with Crippen LogP contribution in [0.1, 0.15) is 36.6 Å². The topological polar surface area (TPSA) is 25.8 Å². The minimum atomic E-state index is -4.39. The molecular weight excluding hydrogens is 241 g/mol. The lowest BCUT2D eigenvalue weighted by molar-refractivity contribution is -0.136. The lowest BCUT2D eigenvalue weighted by Crippen LogP contribution is -2.09. The number of aromatic nitrogens is 2. The molecule has 1 aromatic heterocycles. The van der Waals surface area contributed by atoms with Crippen molar-refractivity contribution in [1.29, 1.82) is 0 Å². The van der Waals surface area contributed by atoms with Gasteiger partial charge < -0.3 is 0 Å². The van der Waals surface area contributed by atoms with Gasteiger partial charge in [-0.25, -0.2) is 9.97 Å². The number of rotatable bonds is 1. The summed E-state index contributed by atoms with van der Waals surface area (Å²) in [6, 6.07) is 2.80. The highest BCUT2D eigenvalue weighted by Gasteiger charge is 2.34. The first-order valence-corrected chi connectivity index (χ1v) is 5.63. The molecule has 2 rings (SSSR count). The van der Waals surface area contributed by atoms with Crippen LogP contribution in [0.4, 0.5) is 13.2 Å². The Labute approximate surface area is 103 Å². The number of halogens is 3. The lowest BCUT2D eigenvalue weighted by atomic mass is 9.98. The van der Waals surface area contributed by atoms with Gasteiger partial charge in [-0.3, -0.25) is 0 Å². The van der Waals surface area contributed by atoms with E-state index in [1.54, 1.807) is 13.0 Å². The number of benzene rings is 1. The zero-order valence-electron chi connectivity index (χ0n) is 10.3. The van der Waals surface area contributed by atoms with Crippen LogP contribution in [0.2, 0.25) is 0 Å². The van der Waals surface area contributed by atoms with Crippen molar-refractivity contribution in [2.24, 2.45) is 0 Å². The van der Waals surface area contributed by atoms with Crippen molar-refractivity contribution < 1.29 is 13.2 Å². The smallest absolute Gasteiger partial charge is 0.240 e. The van der Waals surface area contributed by atoms with Gasteiger partial charge in [-0.15, -0.1) is 0 Å². The van der Waals surface area contributed by atoms with Gasteiger partial charge in [-0.2, -0.15) is 13.2 Å². The first-order chi connectivity index (χ1) is 8.30. The second kappa shape index (κ2) is 4.23. The lowest BCUT2D eigenvalue weighted by Gasteiger charge is -2.15. The zero-order valence-corrected chi connectivity index (χ0v) is 10.3. The first kappa shape index (κ1) is 12.8. The summed E-state index contributed by atoms with van der Waals surface area (Å²) in [5.41, 5.74) is 0.679. The Balaban J connectivity index is 2.91. The fourth-order valence-corrected chi connectivity index (χ4v) is 2.02. The van der Waals surface area contributed by atoms with E-state index in [2.05, 4.69) is 9.97 Å². The molecule has 0 aliphatic heterocycles. The summed E-state index contributed by atoms with van der Waals surface area (Å²) in [6.45, 7) is 5.27. The Morgan fingerprint density at radius 1 is 1.11 bits per heavy atom. The Morgan fingerprint density at radius 2 is 1.78 bits per heavy atom. The van der Waals surface area contributed by atoms with Crippen molar-refractivity contribution in [3.8, 4) is 0 Å². The molecule has 1 heterocycles. The number of alkyl halides is 3. The number of hydrogen-bond donors (Lipinski definition) is 0. The van der Waals surface area contributed by atoms with Crippen LogP contribution in [0, 0.1) is 6.92 Å². The minimum absolute atomic E-state index is 0.0840. The van der Waals surface area contributed by atoms with Gasteiger partial charge >= 0.3 is 6.18 Å². The fourth-order valence-electron chi connectivity index (χ4n) is 2.02. The third-order valence-electron chi connectivity index (χ3n) is 2.76. The minimum Gasteiger partial charge on any atom is -0.240 e. The number of fused-ring (bicyclic) bond motifs is 1. The van der Waals surface area contributed by atoms with Crippen LogP contribution < -0.4 is 0 Å². The van der Waals surface area contributed by atoms with Crippen molar-refractivity contribution in [1.82, 2.24) is 9.97 Å². The van der Waals surface area contributed by atoms with E-state index in [0.717, 1.165) is 6.07 Å². The van der Waals surface area contributed by atoms with Gasteiger partial charge in [-0.1, -0.05) is 13.8 Å². The van der Waals surface area contributed by atoms with Crippen molar-refractivity contribution in [3.63, 3.8) is 0 Å². The monoisotopic (exact) mass is 254 g/mol. The predicted octanol–water partition coefficient (Wildman–Crippen LogP) is 4.08. The van der Waals surface area contributed by atoms with Crippen LogP contribution in [-0.4, -0.2) is 9.97 Å². The molecule has 0 saturated carbocycles. The highest BCUT2D eigenvalue weighted by atomic mass is 19.4. The van der Waals surface area contributed by atoms with Crippen molar-refractivity contribution in [2.45, 2.75) is 32.9 Å². The standard InChI is InChI=1S/C13H13F3N2/c1-7(2)12-11-9(13(14,15)16)4-8(3)5-10(11)17-6-18-12/h4-7H,1-3H3. The summed E-state index contributed by atoms with van der Waals surface area (Å²) < 4.78 is 39.3. The Kier molecular flexibility index (Phi) is 3.00. The molecule has 0 aliphatic rings. The third-order valence-corrected chi connectivity index (χ3v) is 2.76. The molecule has 0 spiro atoms. The van der Waals surface area contributed by atoms with Crippen LogP contribution in [0.5, 0.6) is 0 Å². The quantitative estimate of drug-likeness (QED) is 0.766. The summed E-state index contributed by atoms with van der Waals surface area (Å²) in [5, 5.41) is 0.116. The van der Waals surface area contributed by atoms with Crippen LogP contribution in [0.25, 0.3) is 10.9 Å². The van der Waals surface area contributed by atoms with E-state index in [0.29, 0.717) is 16.8 Å². The molecule has 2 nitrogen and oxygen atoms in total. The molecule has 0 fully saturated rings. The highest BCUT2D eigenvalue weighted by Crippen LogP contribution is 2.37. The van der Waals surface area contributed by atoms with Gasteiger partial charge in [0.25, 0.3) is 0 Å². The Morgan fingerprint density at radius 3 is 2.33 bits per heavy atom. The van der Waals surface area contributed by atoms with E-state index in [9.17, 15) is 13.2 Å². The molecule has 18 heavy (non-hydrogen) atoms. The van der Waals surface area contributed by atoms with E-state index < -0.39 is 11.7 Å². The van der Waals surface area contributed by atoms with Crippen molar-refractivity contribution >= 4 is 10.9 Å². The second-order valence-corrected chi connectivity index (χ2v) is 4.62. The molecule has 0 unspecified atom stereocenters. The molecule has 5 heteroatoms. The summed E-state index contributed by atoms with van der Waals surface area (Å²) in [4.78, 5) is 7.95. The van der Waals surface area contributed by atoms with Crippen LogP contribution >= 0.6 is 0 Å². The average molecular weight is 254 g/mol. The van der Waals surface area contributed by atoms with Crippen molar-refractivity contribution in [2.75, 3.05) is 0 Å². The highest BCUT2D eigenvalue weighted by molar-refractivity contribution is 5.86. The van der Waals surface area contributed by atoms with Crippen LogP contribution in [0.15, 0.2) is 18.5 Å². The summed E-state index contributed by atoms with van der Waals surface area (Å²) in [6.07, 6.45) is -3.07. The fraction of sp³-hybridized carbons (Fsp3) is 0.385. The zero-order chi connectivity index (χ0) is 13.5.